The van der Waals surface area contributed by atoms with Gasteiger partial charge in [-0.2, -0.15) is 0 Å². The minimum atomic E-state index is -0.681. The molecule has 5 heteroatoms. The van der Waals surface area contributed by atoms with Gasteiger partial charge in [0.15, 0.2) is 5.29 Å². The molecule has 1 aliphatic heterocycles. The molecule has 0 saturated heterocycles. The van der Waals surface area contributed by atoms with Crippen LogP contribution in [0.1, 0.15) is 5.56 Å². The van der Waals surface area contributed by atoms with Crippen molar-refractivity contribution in [3.8, 4) is 11.1 Å². The second-order valence-corrected chi connectivity index (χ2v) is 5.03. The molecule has 0 aromatic heterocycles. The van der Waals surface area contributed by atoms with E-state index in [1.54, 1.807) is 0 Å². The number of alkyl halides is 1. The Morgan fingerprint density at radius 1 is 0.850 bits per heavy atom. The lowest BCUT2D eigenvalue weighted by atomic mass is 10.0. The van der Waals surface area contributed by atoms with Gasteiger partial charge in [-0.1, -0.05) is 60.1 Å². The van der Waals surface area contributed by atoms with Crippen LogP contribution in [0.4, 0.5) is 0 Å². The summed E-state index contributed by atoms with van der Waals surface area (Å²) in [6.45, 7) is 0. The van der Waals surface area contributed by atoms with Crippen LogP contribution in [-0.4, -0.2) is 16.8 Å². The summed E-state index contributed by atoms with van der Waals surface area (Å²) in [6.07, 6.45) is 0. The van der Waals surface area contributed by atoms with E-state index in [0.29, 0.717) is 5.84 Å². The Kier molecular flexibility index (Phi) is 3.72. The van der Waals surface area contributed by atoms with Crippen LogP contribution in [0.5, 0.6) is 0 Å². The Morgan fingerprint density at radius 2 is 1.55 bits per heavy atom. The Balaban J connectivity index is 1.97. The molecule has 3 nitrogen and oxygen atoms in total. The molecule has 0 radical (unpaired) electrons. The highest BCUT2D eigenvalue weighted by Gasteiger charge is 2.14. The average Bonchev–Trinajstić information content (AvgIpc) is 2.47. The zero-order chi connectivity index (χ0) is 13.9. The average molecular weight is 304 g/mol. The largest absolute Gasteiger partial charge is 0.315 e. The monoisotopic (exact) mass is 303 g/mol. The van der Waals surface area contributed by atoms with Gasteiger partial charge in [0, 0.05) is 5.56 Å². The molecule has 2 aromatic carbocycles. The maximum atomic E-state index is 5.91. The number of hydrogen-bond donors (Lipinski definition) is 1. The molecule has 1 unspecified atom stereocenters. The number of nitrogens with one attached hydrogen (secondary N) is 1. The smallest absolute Gasteiger partial charge is 0.220 e. The number of nitrogens with zero attached hydrogens (tertiary/aromatic N) is 2. The highest BCUT2D eigenvalue weighted by atomic mass is 35.5. The molecule has 1 N–H and O–H groups in total. The standard InChI is InChI=1S/C15H11Cl2N3/c16-14-18-13(19-15(17)20-14)12-8-4-7-11(9-12)10-5-2-1-3-6-10/h1-9,14H,(H,18,19,20). The maximum absolute atomic E-state index is 5.91. The maximum Gasteiger partial charge on any atom is 0.220 e. The summed E-state index contributed by atoms with van der Waals surface area (Å²) in [5.41, 5.74) is 2.49. The lowest BCUT2D eigenvalue weighted by molar-refractivity contribution is 0.935. The van der Waals surface area contributed by atoms with Crippen molar-refractivity contribution in [1.29, 1.82) is 0 Å². The first kappa shape index (κ1) is 13.2. The van der Waals surface area contributed by atoms with Crippen LogP contribution in [0.2, 0.25) is 0 Å². The van der Waals surface area contributed by atoms with Crippen molar-refractivity contribution in [2.75, 3.05) is 0 Å². The molecule has 0 spiro atoms. The Bertz CT molecular complexity index is 681. The van der Waals surface area contributed by atoms with Gasteiger partial charge in [-0.25, -0.2) is 9.98 Å². The van der Waals surface area contributed by atoms with Crippen molar-refractivity contribution < 1.29 is 0 Å². The van der Waals surface area contributed by atoms with Crippen LogP contribution >= 0.6 is 23.2 Å². The van der Waals surface area contributed by atoms with E-state index in [1.807, 2.05) is 36.4 Å². The van der Waals surface area contributed by atoms with E-state index in [4.69, 9.17) is 23.2 Å². The topological polar surface area (TPSA) is 36.8 Å². The second kappa shape index (κ2) is 5.65. The summed E-state index contributed by atoms with van der Waals surface area (Å²) in [5, 5.41) is 3.17. The van der Waals surface area contributed by atoms with Gasteiger partial charge in [0.25, 0.3) is 0 Å². The predicted octanol–water partition coefficient (Wildman–Crippen LogP) is 3.82. The van der Waals surface area contributed by atoms with Crippen molar-refractivity contribution in [2.45, 2.75) is 5.62 Å². The quantitative estimate of drug-likeness (QED) is 0.664. The fourth-order valence-electron chi connectivity index (χ4n) is 2.01. The van der Waals surface area contributed by atoms with E-state index in [1.165, 1.54) is 0 Å². The first-order chi connectivity index (χ1) is 9.72. The Morgan fingerprint density at radius 3 is 2.30 bits per heavy atom. The van der Waals surface area contributed by atoms with Crippen molar-refractivity contribution in [3.63, 3.8) is 0 Å². The summed E-state index contributed by atoms with van der Waals surface area (Å²) in [6, 6.07) is 18.2. The SMILES string of the molecule is ClC1=NC(Cl)N=C(c2cccc(-c3ccccc3)c2)N1. The number of amidine groups is 2. The highest BCUT2D eigenvalue weighted by molar-refractivity contribution is 6.66. The van der Waals surface area contributed by atoms with Crippen LogP contribution in [-0.2, 0) is 0 Å². The molecule has 2 aromatic rings. The minimum absolute atomic E-state index is 0.250. The van der Waals surface area contributed by atoms with Crippen molar-refractivity contribution in [3.05, 3.63) is 60.2 Å². The summed E-state index contributed by atoms with van der Waals surface area (Å²) >= 11 is 11.8. The van der Waals surface area contributed by atoms with E-state index in [-0.39, 0.29) is 5.29 Å². The number of hydrogen-bond acceptors (Lipinski definition) is 3. The Hall–Kier alpha value is -1.84. The first-order valence-corrected chi connectivity index (χ1v) is 6.92. The molecule has 1 atom stereocenters. The van der Waals surface area contributed by atoms with Crippen molar-refractivity contribution in [2.24, 2.45) is 9.98 Å². The summed E-state index contributed by atoms with van der Waals surface area (Å²) < 4.78 is 0. The highest BCUT2D eigenvalue weighted by Crippen LogP contribution is 2.21. The molecule has 1 heterocycles. The second-order valence-electron chi connectivity index (χ2n) is 4.28. The predicted molar refractivity (Wildman–Crippen MR) is 84.5 cm³/mol. The normalized spacial score (nSPS) is 18.0. The Labute approximate surface area is 127 Å². The van der Waals surface area contributed by atoms with Gasteiger partial charge in [-0.05, 0) is 28.8 Å². The van der Waals surface area contributed by atoms with Gasteiger partial charge in [0.05, 0.1) is 0 Å². The van der Waals surface area contributed by atoms with Gasteiger partial charge in [0.1, 0.15) is 5.84 Å². The van der Waals surface area contributed by atoms with Gasteiger partial charge in [-0.3, -0.25) is 0 Å². The zero-order valence-electron chi connectivity index (χ0n) is 10.4. The summed E-state index contributed by atoms with van der Waals surface area (Å²) in [7, 11) is 0. The van der Waals surface area contributed by atoms with E-state index in [0.717, 1.165) is 16.7 Å². The van der Waals surface area contributed by atoms with Crippen molar-refractivity contribution in [1.82, 2.24) is 5.32 Å². The molecule has 0 saturated carbocycles. The van der Waals surface area contributed by atoms with Gasteiger partial charge in [-0.15, -0.1) is 0 Å². The molecule has 0 fully saturated rings. The fraction of sp³-hybridized carbons (Fsp3) is 0.0667. The molecule has 20 heavy (non-hydrogen) atoms. The third kappa shape index (κ3) is 2.84. The number of halogens is 2. The van der Waals surface area contributed by atoms with E-state index >= 15 is 0 Å². The number of benzene rings is 2. The third-order valence-electron chi connectivity index (χ3n) is 2.92. The lowest BCUT2D eigenvalue weighted by Gasteiger charge is -2.15. The molecule has 0 bridgehead atoms. The van der Waals surface area contributed by atoms with Crippen LogP contribution in [0.3, 0.4) is 0 Å². The minimum Gasteiger partial charge on any atom is -0.315 e. The number of aliphatic imine (C=N–C) groups is 2. The van der Waals surface area contributed by atoms with Crippen LogP contribution in [0, 0.1) is 0 Å². The van der Waals surface area contributed by atoms with Gasteiger partial charge >= 0.3 is 0 Å². The summed E-state index contributed by atoms with van der Waals surface area (Å²) in [5.74, 6) is 0.628. The van der Waals surface area contributed by atoms with Gasteiger partial charge < -0.3 is 5.32 Å². The molecule has 100 valence electrons. The molecule has 3 rings (SSSR count). The molecule has 0 amide bonds. The van der Waals surface area contributed by atoms with E-state index in [9.17, 15) is 0 Å². The van der Waals surface area contributed by atoms with Crippen LogP contribution < -0.4 is 5.32 Å². The third-order valence-corrected chi connectivity index (χ3v) is 3.31. The van der Waals surface area contributed by atoms with Crippen LogP contribution in [0.25, 0.3) is 11.1 Å². The molecular formula is C15H11Cl2N3. The lowest BCUT2D eigenvalue weighted by Crippen LogP contribution is -2.32. The van der Waals surface area contributed by atoms with E-state index < -0.39 is 5.62 Å². The molecule has 1 aliphatic rings. The fourth-order valence-corrected chi connectivity index (χ4v) is 2.44. The van der Waals surface area contributed by atoms with Crippen molar-refractivity contribution >= 4 is 34.3 Å². The molecular weight excluding hydrogens is 293 g/mol. The zero-order valence-corrected chi connectivity index (χ0v) is 11.9. The molecule has 0 aliphatic carbocycles. The summed E-state index contributed by atoms with van der Waals surface area (Å²) in [4.78, 5) is 8.12. The number of rotatable bonds is 2. The van der Waals surface area contributed by atoms with Crippen LogP contribution in [0.15, 0.2) is 64.6 Å². The van der Waals surface area contributed by atoms with E-state index in [2.05, 4.69) is 33.5 Å². The van der Waals surface area contributed by atoms with Gasteiger partial charge in [0.2, 0.25) is 5.62 Å². The first-order valence-electron chi connectivity index (χ1n) is 6.10.